The van der Waals surface area contributed by atoms with Gasteiger partial charge in [-0.25, -0.2) is 13.8 Å². The maximum atomic E-state index is 13.4. The number of carbonyl (C=O) groups excluding carboxylic acids is 1. The lowest BCUT2D eigenvalue weighted by Gasteiger charge is -2.10. The van der Waals surface area contributed by atoms with Crippen molar-refractivity contribution in [3.63, 3.8) is 0 Å². The van der Waals surface area contributed by atoms with Crippen LogP contribution in [0.15, 0.2) is 24.4 Å². The van der Waals surface area contributed by atoms with Crippen LogP contribution in [-0.2, 0) is 0 Å². The SMILES string of the molecule is O=C(Nc1c(Cl)cc(F)cc1Cl)c1ccnc(F)c1F. The van der Waals surface area contributed by atoms with Crippen LogP contribution in [0, 0.1) is 17.6 Å². The summed E-state index contributed by atoms with van der Waals surface area (Å²) in [6, 6.07) is 2.83. The highest BCUT2D eigenvalue weighted by Crippen LogP contribution is 2.31. The highest BCUT2D eigenvalue weighted by atomic mass is 35.5. The van der Waals surface area contributed by atoms with E-state index in [-0.39, 0.29) is 15.7 Å². The third-order valence-electron chi connectivity index (χ3n) is 2.34. The van der Waals surface area contributed by atoms with Gasteiger partial charge in [-0.1, -0.05) is 23.2 Å². The molecule has 1 heterocycles. The maximum absolute atomic E-state index is 13.4. The molecular weight excluding hydrogens is 316 g/mol. The topological polar surface area (TPSA) is 42.0 Å². The predicted octanol–water partition coefficient (Wildman–Crippen LogP) is 4.06. The Morgan fingerprint density at radius 1 is 1.15 bits per heavy atom. The molecule has 2 rings (SSSR count). The first-order chi connectivity index (χ1) is 9.40. The summed E-state index contributed by atoms with van der Waals surface area (Å²) in [7, 11) is 0. The average Bonchev–Trinajstić information content (AvgIpc) is 2.36. The van der Waals surface area contributed by atoms with Gasteiger partial charge in [0.05, 0.1) is 21.3 Å². The molecule has 20 heavy (non-hydrogen) atoms. The molecule has 1 amide bonds. The van der Waals surface area contributed by atoms with Gasteiger partial charge in [-0.05, 0) is 18.2 Å². The molecule has 1 aromatic carbocycles. The Bertz CT molecular complexity index is 671. The molecule has 0 saturated carbocycles. The van der Waals surface area contributed by atoms with Crippen molar-refractivity contribution >= 4 is 34.8 Å². The van der Waals surface area contributed by atoms with Gasteiger partial charge in [-0.3, -0.25) is 4.79 Å². The van der Waals surface area contributed by atoms with Gasteiger partial charge in [-0.2, -0.15) is 4.39 Å². The van der Waals surface area contributed by atoms with Crippen molar-refractivity contribution in [1.29, 1.82) is 0 Å². The van der Waals surface area contributed by atoms with Gasteiger partial charge in [0.1, 0.15) is 5.82 Å². The molecule has 0 aliphatic rings. The Labute approximate surface area is 121 Å². The van der Waals surface area contributed by atoms with E-state index in [0.717, 1.165) is 24.4 Å². The van der Waals surface area contributed by atoms with Crippen molar-refractivity contribution in [1.82, 2.24) is 4.98 Å². The Hall–Kier alpha value is -1.79. The summed E-state index contributed by atoms with van der Waals surface area (Å²) in [6.07, 6.45) is 0.932. The summed E-state index contributed by atoms with van der Waals surface area (Å²) in [4.78, 5) is 14.9. The number of hydrogen-bond acceptors (Lipinski definition) is 2. The molecule has 104 valence electrons. The first-order valence-corrected chi connectivity index (χ1v) is 5.91. The summed E-state index contributed by atoms with van der Waals surface area (Å²) in [5.41, 5.74) is -0.676. The first kappa shape index (κ1) is 14.6. The molecule has 1 N–H and O–H groups in total. The van der Waals surface area contributed by atoms with Gasteiger partial charge >= 0.3 is 0 Å². The van der Waals surface area contributed by atoms with Crippen LogP contribution in [0.5, 0.6) is 0 Å². The summed E-state index contributed by atoms with van der Waals surface area (Å²) in [6.45, 7) is 0. The number of benzene rings is 1. The van der Waals surface area contributed by atoms with E-state index in [1.54, 1.807) is 0 Å². The number of halogens is 5. The normalized spacial score (nSPS) is 10.4. The minimum Gasteiger partial charge on any atom is -0.319 e. The van der Waals surface area contributed by atoms with Crippen molar-refractivity contribution < 1.29 is 18.0 Å². The van der Waals surface area contributed by atoms with E-state index in [1.165, 1.54) is 0 Å². The third kappa shape index (κ3) is 2.86. The van der Waals surface area contributed by atoms with Gasteiger partial charge in [-0.15, -0.1) is 0 Å². The van der Waals surface area contributed by atoms with E-state index in [9.17, 15) is 18.0 Å². The number of pyridine rings is 1. The van der Waals surface area contributed by atoms with Crippen molar-refractivity contribution in [2.24, 2.45) is 0 Å². The lowest BCUT2D eigenvalue weighted by Crippen LogP contribution is -2.15. The monoisotopic (exact) mass is 320 g/mol. The zero-order valence-electron chi connectivity index (χ0n) is 9.55. The van der Waals surface area contributed by atoms with Gasteiger partial charge in [0, 0.05) is 6.20 Å². The number of rotatable bonds is 2. The second-order valence-corrected chi connectivity index (χ2v) is 4.48. The predicted molar refractivity (Wildman–Crippen MR) is 68.5 cm³/mol. The second kappa shape index (κ2) is 5.68. The van der Waals surface area contributed by atoms with Gasteiger partial charge in [0.2, 0.25) is 5.95 Å². The molecule has 0 aliphatic heterocycles. The highest BCUT2D eigenvalue weighted by molar-refractivity contribution is 6.40. The summed E-state index contributed by atoms with van der Waals surface area (Å²) in [5, 5.41) is 1.85. The summed E-state index contributed by atoms with van der Waals surface area (Å²) < 4.78 is 39.3. The average molecular weight is 321 g/mol. The van der Waals surface area contributed by atoms with Crippen LogP contribution < -0.4 is 5.32 Å². The molecule has 2 aromatic rings. The molecule has 0 radical (unpaired) electrons. The number of nitrogens with zero attached hydrogens (tertiary/aromatic N) is 1. The number of aromatic nitrogens is 1. The molecule has 0 atom stereocenters. The van der Waals surface area contributed by atoms with Crippen LogP contribution in [-0.4, -0.2) is 10.9 Å². The first-order valence-electron chi connectivity index (χ1n) is 5.16. The number of amides is 1. The van der Waals surface area contributed by atoms with Crippen molar-refractivity contribution in [2.75, 3.05) is 5.32 Å². The standard InChI is InChI=1S/C12H5Cl2F3N2O/c13-7-3-5(15)4-8(14)10(7)19-12(20)6-1-2-18-11(17)9(6)16/h1-4H,(H,19,20). The number of nitrogens with one attached hydrogen (secondary N) is 1. The van der Waals surface area contributed by atoms with Crippen LogP contribution in [0.25, 0.3) is 0 Å². The number of hydrogen-bond donors (Lipinski definition) is 1. The molecule has 8 heteroatoms. The van der Waals surface area contributed by atoms with Gasteiger partial charge in [0.25, 0.3) is 5.91 Å². The smallest absolute Gasteiger partial charge is 0.258 e. The molecule has 0 spiro atoms. The molecular formula is C12H5Cl2F3N2O. The zero-order chi connectivity index (χ0) is 14.9. The van der Waals surface area contributed by atoms with Crippen molar-refractivity contribution in [3.8, 4) is 0 Å². The fraction of sp³-hybridized carbons (Fsp3) is 0. The molecule has 1 aromatic heterocycles. The number of carbonyl (C=O) groups is 1. The van der Waals surface area contributed by atoms with E-state index in [4.69, 9.17) is 23.2 Å². The van der Waals surface area contributed by atoms with Crippen LogP contribution in [0.4, 0.5) is 18.9 Å². The van der Waals surface area contributed by atoms with Crippen LogP contribution in [0.1, 0.15) is 10.4 Å². The molecule has 0 unspecified atom stereocenters. The minimum absolute atomic E-state index is 0.101. The molecule has 3 nitrogen and oxygen atoms in total. The van der Waals surface area contributed by atoms with E-state index in [0.29, 0.717) is 0 Å². The summed E-state index contributed by atoms with van der Waals surface area (Å²) >= 11 is 11.4. The van der Waals surface area contributed by atoms with Crippen molar-refractivity contribution in [3.05, 3.63) is 57.6 Å². The Morgan fingerprint density at radius 2 is 1.75 bits per heavy atom. The zero-order valence-corrected chi connectivity index (χ0v) is 11.1. The van der Waals surface area contributed by atoms with Gasteiger partial charge < -0.3 is 5.32 Å². The van der Waals surface area contributed by atoms with E-state index in [2.05, 4.69) is 10.3 Å². The second-order valence-electron chi connectivity index (χ2n) is 3.66. The quantitative estimate of drug-likeness (QED) is 0.848. The number of anilines is 1. The van der Waals surface area contributed by atoms with Gasteiger partial charge in [0.15, 0.2) is 5.82 Å². The summed E-state index contributed by atoms with van der Waals surface area (Å²) in [5.74, 6) is -4.49. The van der Waals surface area contributed by atoms with E-state index in [1.807, 2.05) is 0 Å². The maximum Gasteiger partial charge on any atom is 0.258 e. The molecule has 0 bridgehead atoms. The fourth-order valence-corrected chi connectivity index (χ4v) is 1.99. The largest absolute Gasteiger partial charge is 0.319 e. The molecule has 0 fully saturated rings. The fourth-order valence-electron chi connectivity index (χ4n) is 1.44. The minimum atomic E-state index is -1.41. The lowest BCUT2D eigenvalue weighted by molar-refractivity contribution is 0.102. The lowest BCUT2D eigenvalue weighted by atomic mass is 10.2. The Balaban J connectivity index is 2.36. The van der Waals surface area contributed by atoms with Crippen LogP contribution in [0.3, 0.4) is 0 Å². The molecule has 0 saturated heterocycles. The third-order valence-corrected chi connectivity index (χ3v) is 2.93. The Kier molecular flexibility index (Phi) is 4.15. The Morgan fingerprint density at radius 3 is 2.35 bits per heavy atom. The highest BCUT2D eigenvalue weighted by Gasteiger charge is 2.18. The molecule has 0 aliphatic carbocycles. The van der Waals surface area contributed by atoms with E-state index >= 15 is 0 Å². The van der Waals surface area contributed by atoms with Crippen molar-refractivity contribution in [2.45, 2.75) is 0 Å². The van der Waals surface area contributed by atoms with Crippen LogP contribution in [0.2, 0.25) is 10.0 Å². The van der Waals surface area contributed by atoms with Crippen LogP contribution >= 0.6 is 23.2 Å². The van der Waals surface area contributed by atoms with E-state index < -0.39 is 29.1 Å².